The van der Waals surface area contributed by atoms with Crippen molar-refractivity contribution in [3.8, 4) is 5.75 Å². The number of nitrogens with one attached hydrogen (secondary N) is 2. The summed E-state index contributed by atoms with van der Waals surface area (Å²) in [5.74, 6) is 0.678. The van der Waals surface area contributed by atoms with E-state index in [1.54, 1.807) is 36.4 Å². The molecule has 0 heterocycles. The largest absolute Gasteiger partial charge is 0.493 e. The minimum Gasteiger partial charge on any atom is -0.493 e. The van der Waals surface area contributed by atoms with Crippen molar-refractivity contribution in [3.63, 3.8) is 0 Å². The van der Waals surface area contributed by atoms with Gasteiger partial charge in [-0.3, -0.25) is 9.59 Å². The predicted octanol–water partition coefficient (Wildman–Crippen LogP) is 4.96. The van der Waals surface area contributed by atoms with E-state index in [1.165, 1.54) is 0 Å². The number of amides is 2. The lowest BCUT2D eigenvalue weighted by Gasteiger charge is -2.13. The average Bonchev–Trinajstić information content (AvgIpc) is 2.62. The van der Waals surface area contributed by atoms with Gasteiger partial charge in [0.05, 0.1) is 12.2 Å². The van der Waals surface area contributed by atoms with E-state index >= 15 is 0 Å². The molecule has 0 spiro atoms. The third-order valence-electron chi connectivity index (χ3n) is 4.00. The van der Waals surface area contributed by atoms with E-state index in [4.69, 9.17) is 4.74 Å². The Bertz CT molecular complexity index is 785. The van der Waals surface area contributed by atoms with Crippen LogP contribution in [-0.4, -0.2) is 18.4 Å². The number of carbonyl (C=O) groups excluding carboxylic acids is 2. The molecule has 2 aromatic rings. The number of anilines is 2. The van der Waals surface area contributed by atoms with Gasteiger partial charge in [0.25, 0.3) is 5.91 Å². The van der Waals surface area contributed by atoms with E-state index in [0.717, 1.165) is 6.42 Å². The molecule has 5 heteroatoms. The Kier molecular flexibility index (Phi) is 7.41. The van der Waals surface area contributed by atoms with Gasteiger partial charge in [0.1, 0.15) is 5.75 Å². The number of para-hydroxylation sites is 1. The fourth-order valence-corrected chi connectivity index (χ4v) is 2.34. The van der Waals surface area contributed by atoms with Crippen molar-refractivity contribution in [2.75, 3.05) is 17.2 Å². The summed E-state index contributed by atoms with van der Waals surface area (Å²) in [6, 6.07) is 14.3. The normalized spacial score (nSPS) is 10.7. The summed E-state index contributed by atoms with van der Waals surface area (Å²) in [6.45, 7) is 8.49. The van der Waals surface area contributed by atoms with Crippen LogP contribution in [0.5, 0.6) is 5.75 Å². The lowest BCUT2D eigenvalue weighted by molar-refractivity contribution is -0.118. The third-order valence-corrected chi connectivity index (χ3v) is 4.00. The molecule has 0 aliphatic heterocycles. The second kappa shape index (κ2) is 9.76. The van der Waals surface area contributed by atoms with Crippen LogP contribution in [0.1, 0.15) is 44.5 Å². The Morgan fingerprint density at radius 2 is 1.59 bits per heavy atom. The van der Waals surface area contributed by atoms with Gasteiger partial charge in [0, 0.05) is 17.3 Å². The van der Waals surface area contributed by atoms with E-state index in [1.807, 2.05) is 26.0 Å². The van der Waals surface area contributed by atoms with Crippen LogP contribution in [-0.2, 0) is 4.79 Å². The van der Waals surface area contributed by atoms with E-state index < -0.39 is 0 Å². The van der Waals surface area contributed by atoms with E-state index in [9.17, 15) is 9.59 Å². The molecule has 144 valence electrons. The SMILES string of the molecule is CC(C)CCOc1ccccc1C(=O)Nc1cccc(NC(=O)C(C)C)c1. The van der Waals surface area contributed by atoms with Gasteiger partial charge in [-0.05, 0) is 42.7 Å². The second-order valence-electron chi connectivity index (χ2n) is 7.21. The topological polar surface area (TPSA) is 67.4 Å². The average molecular weight is 368 g/mol. The van der Waals surface area contributed by atoms with Gasteiger partial charge in [0.15, 0.2) is 0 Å². The number of benzene rings is 2. The van der Waals surface area contributed by atoms with Crippen molar-refractivity contribution in [1.29, 1.82) is 0 Å². The molecule has 2 rings (SSSR count). The summed E-state index contributed by atoms with van der Waals surface area (Å²) in [7, 11) is 0. The maximum atomic E-state index is 12.7. The quantitative estimate of drug-likeness (QED) is 0.692. The number of hydrogen-bond donors (Lipinski definition) is 2. The van der Waals surface area contributed by atoms with E-state index in [0.29, 0.717) is 35.2 Å². The summed E-state index contributed by atoms with van der Waals surface area (Å²) in [4.78, 5) is 24.5. The van der Waals surface area contributed by atoms with Gasteiger partial charge in [0.2, 0.25) is 5.91 Å². The van der Waals surface area contributed by atoms with Crippen molar-refractivity contribution in [2.45, 2.75) is 34.1 Å². The van der Waals surface area contributed by atoms with Crippen molar-refractivity contribution >= 4 is 23.2 Å². The lowest BCUT2D eigenvalue weighted by atomic mass is 10.1. The van der Waals surface area contributed by atoms with Crippen LogP contribution in [0.25, 0.3) is 0 Å². The summed E-state index contributed by atoms with van der Waals surface area (Å²) in [5, 5.41) is 5.70. The molecule has 0 radical (unpaired) electrons. The molecule has 2 aromatic carbocycles. The monoisotopic (exact) mass is 368 g/mol. The molecule has 5 nitrogen and oxygen atoms in total. The molecule has 0 fully saturated rings. The van der Waals surface area contributed by atoms with Crippen LogP contribution in [0.3, 0.4) is 0 Å². The highest BCUT2D eigenvalue weighted by Crippen LogP contribution is 2.22. The predicted molar refractivity (Wildman–Crippen MR) is 109 cm³/mol. The molecule has 27 heavy (non-hydrogen) atoms. The van der Waals surface area contributed by atoms with Crippen molar-refractivity contribution in [1.82, 2.24) is 0 Å². The fraction of sp³-hybridized carbons (Fsp3) is 0.364. The molecule has 2 N–H and O–H groups in total. The fourth-order valence-electron chi connectivity index (χ4n) is 2.34. The maximum Gasteiger partial charge on any atom is 0.259 e. The van der Waals surface area contributed by atoms with Gasteiger partial charge in [-0.15, -0.1) is 0 Å². The smallest absolute Gasteiger partial charge is 0.259 e. The van der Waals surface area contributed by atoms with Crippen LogP contribution in [0.2, 0.25) is 0 Å². The van der Waals surface area contributed by atoms with Crippen molar-refractivity contribution < 1.29 is 14.3 Å². The van der Waals surface area contributed by atoms with Gasteiger partial charge in [-0.2, -0.15) is 0 Å². The first-order valence-corrected chi connectivity index (χ1v) is 9.31. The molecule has 0 aliphatic carbocycles. The molecule has 0 saturated carbocycles. The summed E-state index contributed by atoms with van der Waals surface area (Å²) in [5.41, 5.74) is 1.74. The molecule has 0 saturated heterocycles. The number of ether oxygens (including phenoxy) is 1. The standard InChI is InChI=1S/C22H28N2O3/c1-15(2)12-13-27-20-11-6-5-10-19(20)22(26)24-18-9-7-8-17(14-18)23-21(25)16(3)4/h5-11,14-16H,12-13H2,1-4H3,(H,23,25)(H,24,26). The van der Waals surface area contributed by atoms with Crippen molar-refractivity contribution in [2.24, 2.45) is 11.8 Å². The van der Waals surface area contributed by atoms with Crippen LogP contribution in [0.4, 0.5) is 11.4 Å². The first-order valence-electron chi connectivity index (χ1n) is 9.31. The molecular weight excluding hydrogens is 340 g/mol. The number of hydrogen-bond acceptors (Lipinski definition) is 3. The first-order chi connectivity index (χ1) is 12.9. The van der Waals surface area contributed by atoms with E-state index in [-0.39, 0.29) is 17.7 Å². The summed E-state index contributed by atoms with van der Waals surface area (Å²) in [6.07, 6.45) is 0.924. The molecule has 0 bridgehead atoms. The molecule has 0 aromatic heterocycles. The summed E-state index contributed by atoms with van der Waals surface area (Å²) >= 11 is 0. The number of rotatable bonds is 8. The van der Waals surface area contributed by atoms with Gasteiger partial charge in [-0.1, -0.05) is 45.9 Å². The van der Waals surface area contributed by atoms with Crippen LogP contribution < -0.4 is 15.4 Å². The molecule has 0 unspecified atom stereocenters. The highest BCUT2D eigenvalue weighted by atomic mass is 16.5. The number of carbonyl (C=O) groups is 2. The zero-order chi connectivity index (χ0) is 19.8. The Morgan fingerprint density at radius 1 is 0.926 bits per heavy atom. The highest BCUT2D eigenvalue weighted by molar-refractivity contribution is 6.06. The van der Waals surface area contributed by atoms with Gasteiger partial charge in [-0.25, -0.2) is 0 Å². The zero-order valence-electron chi connectivity index (χ0n) is 16.4. The molecular formula is C22H28N2O3. The zero-order valence-corrected chi connectivity index (χ0v) is 16.4. The Balaban J connectivity index is 2.08. The maximum absolute atomic E-state index is 12.7. The van der Waals surface area contributed by atoms with Crippen LogP contribution in [0, 0.1) is 11.8 Å². The Morgan fingerprint density at radius 3 is 2.26 bits per heavy atom. The minimum atomic E-state index is -0.248. The van der Waals surface area contributed by atoms with Crippen LogP contribution >= 0.6 is 0 Å². The first kappa shape index (κ1) is 20.5. The third kappa shape index (κ3) is 6.44. The van der Waals surface area contributed by atoms with Crippen molar-refractivity contribution in [3.05, 3.63) is 54.1 Å². The second-order valence-corrected chi connectivity index (χ2v) is 7.21. The minimum absolute atomic E-state index is 0.0672. The molecule has 2 amide bonds. The Labute approximate surface area is 161 Å². The van der Waals surface area contributed by atoms with E-state index in [2.05, 4.69) is 24.5 Å². The summed E-state index contributed by atoms with van der Waals surface area (Å²) < 4.78 is 5.79. The van der Waals surface area contributed by atoms with Gasteiger partial charge >= 0.3 is 0 Å². The molecule has 0 atom stereocenters. The molecule has 0 aliphatic rings. The highest BCUT2D eigenvalue weighted by Gasteiger charge is 2.13. The van der Waals surface area contributed by atoms with Crippen LogP contribution in [0.15, 0.2) is 48.5 Å². The Hall–Kier alpha value is -2.82. The lowest BCUT2D eigenvalue weighted by Crippen LogP contribution is -2.18. The van der Waals surface area contributed by atoms with Gasteiger partial charge < -0.3 is 15.4 Å².